The predicted molar refractivity (Wildman–Crippen MR) is 96.8 cm³/mol. The highest BCUT2D eigenvalue weighted by molar-refractivity contribution is 6.17. The topological polar surface area (TPSA) is 41.1 Å². The fraction of sp³-hybridized carbons (Fsp3) is 0.316. The van der Waals surface area contributed by atoms with Gasteiger partial charge in [0, 0.05) is 24.5 Å². The molecular weight excluding hydrogens is 308 g/mol. The Balaban J connectivity index is 1.93. The van der Waals surface area contributed by atoms with Crippen LogP contribution in [0.3, 0.4) is 0 Å². The molecule has 0 heterocycles. The molecule has 0 radical (unpaired) electrons. The fourth-order valence-electron chi connectivity index (χ4n) is 2.41. The van der Waals surface area contributed by atoms with Gasteiger partial charge in [0.2, 0.25) is 5.91 Å². The maximum absolute atomic E-state index is 11.7. The second-order valence-electron chi connectivity index (χ2n) is 5.40. The number of rotatable bonds is 9. The lowest BCUT2D eigenvalue weighted by Crippen LogP contribution is -2.26. The van der Waals surface area contributed by atoms with Gasteiger partial charge in [0.15, 0.2) is 0 Å². The third-order valence-corrected chi connectivity index (χ3v) is 3.88. The molecule has 0 aliphatic heterocycles. The quantitative estimate of drug-likeness (QED) is 0.670. The molecule has 23 heavy (non-hydrogen) atoms. The molecule has 0 saturated carbocycles. The lowest BCUT2D eigenvalue weighted by molar-refractivity contribution is -0.121. The van der Waals surface area contributed by atoms with Crippen molar-refractivity contribution in [3.05, 3.63) is 66.2 Å². The summed E-state index contributed by atoms with van der Waals surface area (Å²) in [6.07, 6.45) is 2.04. The molecule has 2 aromatic carbocycles. The second-order valence-corrected chi connectivity index (χ2v) is 5.78. The van der Waals surface area contributed by atoms with Crippen molar-refractivity contribution in [2.24, 2.45) is 0 Å². The van der Waals surface area contributed by atoms with E-state index in [9.17, 15) is 4.79 Å². The summed E-state index contributed by atoms with van der Waals surface area (Å²) < 4.78 is 0. The molecule has 0 bridgehead atoms. The van der Waals surface area contributed by atoms with Gasteiger partial charge in [-0.15, -0.1) is 11.6 Å². The molecule has 1 atom stereocenters. The summed E-state index contributed by atoms with van der Waals surface area (Å²) in [6.45, 7) is 0.639. The molecule has 1 amide bonds. The molecule has 0 aliphatic rings. The van der Waals surface area contributed by atoms with Crippen LogP contribution >= 0.6 is 11.6 Å². The molecule has 1 unspecified atom stereocenters. The van der Waals surface area contributed by atoms with Crippen molar-refractivity contribution in [1.82, 2.24) is 5.32 Å². The zero-order valence-electron chi connectivity index (χ0n) is 13.2. The van der Waals surface area contributed by atoms with Crippen molar-refractivity contribution in [3.63, 3.8) is 0 Å². The number of halogens is 1. The van der Waals surface area contributed by atoms with Gasteiger partial charge in [-0.1, -0.05) is 48.5 Å². The van der Waals surface area contributed by atoms with Gasteiger partial charge < -0.3 is 10.6 Å². The first-order valence-corrected chi connectivity index (χ1v) is 8.52. The van der Waals surface area contributed by atoms with Crippen molar-refractivity contribution < 1.29 is 4.79 Å². The Labute approximate surface area is 143 Å². The highest BCUT2D eigenvalue weighted by atomic mass is 35.5. The number of amides is 1. The summed E-state index contributed by atoms with van der Waals surface area (Å²) in [6, 6.07) is 20.6. The Morgan fingerprint density at radius 3 is 2.30 bits per heavy atom. The number of carbonyl (C=O) groups excluding carboxylic acids is 1. The molecule has 3 nitrogen and oxygen atoms in total. The zero-order valence-corrected chi connectivity index (χ0v) is 13.9. The number of nitrogens with one attached hydrogen (secondary N) is 2. The summed E-state index contributed by atoms with van der Waals surface area (Å²) in [5, 5.41) is 6.51. The molecule has 0 aliphatic carbocycles. The molecule has 2 N–H and O–H groups in total. The molecular formula is C19H23ClN2O. The Kier molecular flexibility index (Phi) is 7.47. The SMILES string of the molecule is O=C(CCCCl)NCCC(Nc1ccccc1)c1ccccc1. The monoisotopic (exact) mass is 330 g/mol. The van der Waals surface area contributed by atoms with E-state index in [-0.39, 0.29) is 11.9 Å². The van der Waals surface area contributed by atoms with Gasteiger partial charge in [0.25, 0.3) is 0 Å². The molecule has 2 rings (SSSR count). The van der Waals surface area contributed by atoms with E-state index >= 15 is 0 Å². The van der Waals surface area contributed by atoms with E-state index in [0.29, 0.717) is 18.8 Å². The Morgan fingerprint density at radius 2 is 1.65 bits per heavy atom. The minimum Gasteiger partial charge on any atom is -0.378 e. The van der Waals surface area contributed by atoms with Gasteiger partial charge in [0.1, 0.15) is 0 Å². The van der Waals surface area contributed by atoms with Gasteiger partial charge in [0.05, 0.1) is 6.04 Å². The standard InChI is InChI=1S/C19H23ClN2O/c20-14-7-12-19(23)21-15-13-18(16-8-3-1-4-9-16)22-17-10-5-2-6-11-17/h1-6,8-11,18,22H,7,12-15H2,(H,21,23). The van der Waals surface area contributed by atoms with Gasteiger partial charge >= 0.3 is 0 Å². The number of hydrogen-bond donors (Lipinski definition) is 2. The van der Waals surface area contributed by atoms with Gasteiger partial charge in [-0.3, -0.25) is 4.79 Å². The lowest BCUT2D eigenvalue weighted by atomic mass is 10.0. The predicted octanol–water partition coefficient (Wildman–Crippen LogP) is 4.37. The third kappa shape index (κ3) is 6.33. The number of carbonyl (C=O) groups is 1. The highest BCUT2D eigenvalue weighted by Crippen LogP contribution is 2.22. The van der Waals surface area contributed by atoms with Crippen molar-refractivity contribution in [2.75, 3.05) is 17.7 Å². The number of benzene rings is 2. The molecule has 0 saturated heterocycles. The summed E-state index contributed by atoms with van der Waals surface area (Å²) >= 11 is 5.61. The lowest BCUT2D eigenvalue weighted by Gasteiger charge is -2.21. The number of anilines is 1. The van der Waals surface area contributed by atoms with Crippen LogP contribution in [-0.2, 0) is 4.79 Å². The van der Waals surface area contributed by atoms with Gasteiger partial charge in [-0.2, -0.15) is 0 Å². The summed E-state index contributed by atoms with van der Waals surface area (Å²) in [5.74, 6) is 0.590. The van der Waals surface area contributed by atoms with Crippen LogP contribution in [0.5, 0.6) is 0 Å². The van der Waals surface area contributed by atoms with E-state index in [2.05, 4.69) is 34.9 Å². The van der Waals surface area contributed by atoms with Crippen LogP contribution in [-0.4, -0.2) is 18.3 Å². The van der Waals surface area contributed by atoms with Crippen LogP contribution in [0, 0.1) is 0 Å². The first-order valence-electron chi connectivity index (χ1n) is 7.99. The van der Waals surface area contributed by atoms with Crippen LogP contribution in [0.2, 0.25) is 0 Å². The third-order valence-electron chi connectivity index (χ3n) is 3.61. The fourth-order valence-corrected chi connectivity index (χ4v) is 2.55. The second kappa shape index (κ2) is 9.90. The Morgan fingerprint density at radius 1 is 1.00 bits per heavy atom. The first kappa shape index (κ1) is 17.4. The molecule has 0 aromatic heterocycles. The molecule has 4 heteroatoms. The van der Waals surface area contributed by atoms with Crippen LogP contribution in [0.4, 0.5) is 5.69 Å². The van der Waals surface area contributed by atoms with E-state index < -0.39 is 0 Å². The van der Waals surface area contributed by atoms with E-state index in [1.807, 2.05) is 36.4 Å². The minimum atomic E-state index is 0.0668. The van der Waals surface area contributed by atoms with Crippen molar-refractivity contribution in [2.45, 2.75) is 25.3 Å². The highest BCUT2D eigenvalue weighted by Gasteiger charge is 2.11. The molecule has 0 spiro atoms. The number of para-hydroxylation sites is 1. The normalized spacial score (nSPS) is 11.7. The average Bonchev–Trinajstić information content (AvgIpc) is 2.61. The first-order chi connectivity index (χ1) is 11.3. The average molecular weight is 331 g/mol. The Hall–Kier alpha value is -2.00. The van der Waals surface area contributed by atoms with Crippen LogP contribution in [0.1, 0.15) is 30.9 Å². The van der Waals surface area contributed by atoms with E-state index in [0.717, 1.165) is 18.5 Å². The molecule has 2 aromatic rings. The van der Waals surface area contributed by atoms with E-state index in [1.165, 1.54) is 5.56 Å². The Bertz CT molecular complexity index is 574. The van der Waals surface area contributed by atoms with E-state index in [1.54, 1.807) is 0 Å². The largest absolute Gasteiger partial charge is 0.378 e. The smallest absolute Gasteiger partial charge is 0.220 e. The maximum Gasteiger partial charge on any atom is 0.220 e. The summed E-state index contributed by atoms with van der Waals surface area (Å²) in [4.78, 5) is 11.7. The van der Waals surface area contributed by atoms with Crippen molar-refractivity contribution in [1.29, 1.82) is 0 Å². The molecule has 0 fully saturated rings. The van der Waals surface area contributed by atoms with Crippen LogP contribution in [0.25, 0.3) is 0 Å². The van der Waals surface area contributed by atoms with Gasteiger partial charge in [-0.25, -0.2) is 0 Å². The molecule has 122 valence electrons. The van der Waals surface area contributed by atoms with Gasteiger partial charge in [-0.05, 0) is 30.5 Å². The number of hydrogen-bond acceptors (Lipinski definition) is 2. The summed E-state index contributed by atoms with van der Waals surface area (Å²) in [7, 11) is 0. The van der Waals surface area contributed by atoms with Crippen LogP contribution < -0.4 is 10.6 Å². The van der Waals surface area contributed by atoms with Crippen molar-refractivity contribution >= 4 is 23.2 Å². The van der Waals surface area contributed by atoms with E-state index in [4.69, 9.17) is 11.6 Å². The van der Waals surface area contributed by atoms with Crippen LogP contribution in [0.15, 0.2) is 60.7 Å². The number of alkyl halides is 1. The minimum absolute atomic E-state index is 0.0668. The van der Waals surface area contributed by atoms with Crippen molar-refractivity contribution in [3.8, 4) is 0 Å². The maximum atomic E-state index is 11.7. The summed E-state index contributed by atoms with van der Waals surface area (Å²) in [5.41, 5.74) is 2.29. The zero-order chi connectivity index (χ0) is 16.3.